The standard InChI is InChI=1S/C19H22ClN3O2/c1-14-2-3-15(20)12-18(14)21-13-19(24)22-16-4-6-17(7-5-16)23-8-10-25-11-9-23/h2-7,12,21H,8-11,13H2,1H3,(H,22,24). The van der Waals surface area contributed by atoms with Crippen molar-refractivity contribution in [3.05, 3.63) is 53.1 Å². The number of nitrogens with zero attached hydrogens (tertiary/aromatic N) is 1. The molecule has 2 aromatic carbocycles. The number of carbonyl (C=O) groups is 1. The molecule has 2 aromatic rings. The topological polar surface area (TPSA) is 53.6 Å². The van der Waals surface area contributed by atoms with Crippen LogP contribution in [0.15, 0.2) is 42.5 Å². The largest absolute Gasteiger partial charge is 0.378 e. The third kappa shape index (κ3) is 4.87. The van der Waals surface area contributed by atoms with E-state index in [1.807, 2.05) is 49.4 Å². The molecular weight excluding hydrogens is 338 g/mol. The van der Waals surface area contributed by atoms with Gasteiger partial charge < -0.3 is 20.3 Å². The fourth-order valence-corrected chi connectivity index (χ4v) is 2.91. The summed E-state index contributed by atoms with van der Waals surface area (Å²) < 4.78 is 5.36. The van der Waals surface area contributed by atoms with Crippen LogP contribution in [0.2, 0.25) is 5.02 Å². The second-order valence-corrected chi connectivity index (χ2v) is 6.44. The number of hydrogen-bond acceptors (Lipinski definition) is 4. The second kappa shape index (κ2) is 8.23. The summed E-state index contributed by atoms with van der Waals surface area (Å²) in [7, 11) is 0. The molecule has 6 heteroatoms. The lowest BCUT2D eigenvalue weighted by molar-refractivity contribution is -0.114. The molecule has 3 rings (SSSR count). The Balaban J connectivity index is 1.53. The molecule has 0 spiro atoms. The summed E-state index contributed by atoms with van der Waals surface area (Å²) in [5, 5.41) is 6.66. The van der Waals surface area contributed by atoms with Crippen LogP contribution in [-0.2, 0) is 9.53 Å². The summed E-state index contributed by atoms with van der Waals surface area (Å²) in [6.45, 7) is 5.47. The first-order valence-corrected chi connectivity index (χ1v) is 8.72. The van der Waals surface area contributed by atoms with Crippen LogP contribution in [0.3, 0.4) is 0 Å². The Labute approximate surface area is 152 Å². The van der Waals surface area contributed by atoms with Crippen molar-refractivity contribution < 1.29 is 9.53 Å². The van der Waals surface area contributed by atoms with Crippen molar-refractivity contribution in [2.45, 2.75) is 6.92 Å². The number of ether oxygens (including phenoxy) is 1. The van der Waals surface area contributed by atoms with E-state index >= 15 is 0 Å². The van der Waals surface area contributed by atoms with Gasteiger partial charge in [0.2, 0.25) is 5.91 Å². The maximum atomic E-state index is 12.1. The van der Waals surface area contributed by atoms with E-state index in [2.05, 4.69) is 15.5 Å². The predicted octanol–water partition coefficient (Wildman–Crippen LogP) is 3.54. The summed E-state index contributed by atoms with van der Waals surface area (Å²) in [5.41, 5.74) is 3.85. The van der Waals surface area contributed by atoms with Crippen molar-refractivity contribution in [2.24, 2.45) is 0 Å². The van der Waals surface area contributed by atoms with Crippen molar-refractivity contribution in [3.8, 4) is 0 Å². The third-order valence-electron chi connectivity index (χ3n) is 4.17. The molecule has 1 aliphatic rings. The van der Waals surface area contributed by atoms with Crippen LogP contribution < -0.4 is 15.5 Å². The summed E-state index contributed by atoms with van der Waals surface area (Å²) in [4.78, 5) is 14.4. The van der Waals surface area contributed by atoms with Crippen molar-refractivity contribution in [2.75, 3.05) is 48.4 Å². The number of carbonyl (C=O) groups excluding carboxylic acids is 1. The number of rotatable bonds is 5. The minimum atomic E-state index is -0.0986. The first kappa shape index (κ1) is 17.6. The second-order valence-electron chi connectivity index (χ2n) is 6.01. The molecule has 1 heterocycles. The van der Waals surface area contributed by atoms with Crippen LogP contribution in [0.4, 0.5) is 17.1 Å². The highest BCUT2D eigenvalue weighted by Gasteiger charge is 2.11. The molecule has 0 saturated carbocycles. The van der Waals surface area contributed by atoms with Gasteiger partial charge in [-0.25, -0.2) is 0 Å². The normalized spacial score (nSPS) is 14.2. The number of halogens is 1. The number of nitrogens with one attached hydrogen (secondary N) is 2. The lowest BCUT2D eigenvalue weighted by Gasteiger charge is -2.28. The molecule has 0 unspecified atom stereocenters. The van der Waals surface area contributed by atoms with Gasteiger partial charge in [-0.15, -0.1) is 0 Å². The Morgan fingerprint density at radius 1 is 1.16 bits per heavy atom. The first-order valence-electron chi connectivity index (χ1n) is 8.34. The highest BCUT2D eigenvalue weighted by Crippen LogP contribution is 2.21. The van der Waals surface area contributed by atoms with E-state index in [-0.39, 0.29) is 12.5 Å². The molecule has 1 saturated heterocycles. The van der Waals surface area contributed by atoms with Gasteiger partial charge >= 0.3 is 0 Å². The summed E-state index contributed by atoms with van der Waals surface area (Å²) in [5.74, 6) is -0.0986. The van der Waals surface area contributed by atoms with Gasteiger partial charge in [0.1, 0.15) is 0 Å². The molecule has 0 radical (unpaired) electrons. The zero-order chi connectivity index (χ0) is 17.6. The van der Waals surface area contributed by atoms with Gasteiger partial charge in [-0.05, 0) is 48.9 Å². The fraction of sp³-hybridized carbons (Fsp3) is 0.316. The van der Waals surface area contributed by atoms with Gasteiger partial charge in [0.25, 0.3) is 0 Å². The molecule has 1 aliphatic heterocycles. The molecule has 0 aromatic heterocycles. The van der Waals surface area contributed by atoms with Gasteiger partial charge in [-0.1, -0.05) is 17.7 Å². The predicted molar refractivity (Wildman–Crippen MR) is 103 cm³/mol. The average molecular weight is 360 g/mol. The average Bonchev–Trinajstić information content (AvgIpc) is 2.64. The molecule has 1 amide bonds. The summed E-state index contributed by atoms with van der Waals surface area (Å²) in [6.07, 6.45) is 0. The van der Waals surface area contributed by atoms with E-state index in [9.17, 15) is 4.79 Å². The molecular formula is C19H22ClN3O2. The summed E-state index contributed by atoms with van der Waals surface area (Å²) >= 11 is 5.99. The smallest absolute Gasteiger partial charge is 0.243 e. The molecule has 5 nitrogen and oxygen atoms in total. The van der Waals surface area contributed by atoms with Gasteiger partial charge in [-0.3, -0.25) is 4.79 Å². The zero-order valence-electron chi connectivity index (χ0n) is 14.2. The number of morpholine rings is 1. The minimum Gasteiger partial charge on any atom is -0.378 e. The minimum absolute atomic E-state index is 0.0986. The highest BCUT2D eigenvalue weighted by molar-refractivity contribution is 6.30. The maximum Gasteiger partial charge on any atom is 0.243 e. The van der Waals surface area contributed by atoms with E-state index in [0.29, 0.717) is 5.02 Å². The molecule has 1 fully saturated rings. The van der Waals surface area contributed by atoms with Gasteiger partial charge in [-0.2, -0.15) is 0 Å². The van der Waals surface area contributed by atoms with E-state index < -0.39 is 0 Å². The monoisotopic (exact) mass is 359 g/mol. The van der Waals surface area contributed by atoms with Crippen molar-refractivity contribution in [3.63, 3.8) is 0 Å². The maximum absolute atomic E-state index is 12.1. The van der Waals surface area contributed by atoms with Gasteiger partial charge in [0.15, 0.2) is 0 Å². The van der Waals surface area contributed by atoms with Crippen molar-refractivity contribution >= 4 is 34.6 Å². The SMILES string of the molecule is Cc1ccc(Cl)cc1NCC(=O)Nc1ccc(N2CCOCC2)cc1. The van der Waals surface area contributed by atoms with Crippen LogP contribution in [-0.4, -0.2) is 38.8 Å². The number of amides is 1. The molecule has 0 bridgehead atoms. The molecule has 132 valence electrons. The van der Waals surface area contributed by atoms with Gasteiger partial charge in [0, 0.05) is 35.2 Å². The Morgan fingerprint density at radius 2 is 1.88 bits per heavy atom. The summed E-state index contributed by atoms with van der Waals surface area (Å²) in [6, 6.07) is 13.5. The Kier molecular flexibility index (Phi) is 5.79. The van der Waals surface area contributed by atoms with Crippen molar-refractivity contribution in [1.29, 1.82) is 0 Å². The number of benzene rings is 2. The van der Waals surface area contributed by atoms with Crippen LogP contribution in [0.25, 0.3) is 0 Å². The quantitative estimate of drug-likeness (QED) is 0.857. The van der Waals surface area contributed by atoms with Crippen molar-refractivity contribution in [1.82, 2.24) is 0 Å². The first-order chi connectivity index (χ1) is 12.1. The van der Waals surface area contributed by atoms with Crippen LogP contribution in [0.1, 0.15) is 5.56 Å². The Bertz CT molecular complexity index is 728. The number of anilines is 3. The van der Waals surface area contributed by atoms with Crippen LogP contribution in [0, 0.1) is 6.92 Å². The Hall–Kier alpha value is -2.24. The highest BCUT2D eigenvalue weighted by atomic mass is 35.5. The molecule has 0 atom stereocenters. The zero-order valence-corrected chi connectivity index (χ0v) is 15.0. The third-order valence-corrected chi connectivity index (χ3v) is 4.40. The van der Waals surface area contributed by atoms with Crippen LogP contribution in [0.5, 0.6) is 0 Å². The molecule has 0 aliphatic carbocycles. The van der Waals surface area contributed by atoms with E-state index in [4.69, 9.17) is 16.3 Å². The van der Waals surface area contributed by atoms with Gasteiger partial charge in [0.05, 0.1) is 19.8 Å². The van der Waals surface area contributed by atoms with E-state index in [1.54, 1.807) is 0 Å². The molecule has 2 N–H and O–H groups in total. The number of aryl methyl sites for hydroxylation is 1. The number of hydrogen-bond donors (Lipinski definition) is 2. The van der Waals surface area contributed by atoms with E-state index in [1.165, 1.54) is 0 Å². The fourth-order valence-electron chi connectivity index (χ4n) is 2.74. The lowest BCUT2D eigenvalue weighted by Crippen LogP contribution is -2.36. The lowest BCUT2D eigenvalue weighted by atomic mass is 10.2. The molecule has 25 heavy (non-hydrogen) atoms. The van der Waals surface area contributed by atoms with Crippen LogP contribution >= 0.6 is 11.6 Å². The van der Waals surface area contributed by atoms with E-state index in [0.717, 1.165) is 48.9 Å². The Morgan fingerprint density at radius 3 is 2.60 bits per heavy atom.